The van der Waals surface area contributed by atoms with Gasteiger partial charge in [0.25, 0.3) is 0 Å². The molecule has 0 atom stereocenters. The standard InChI is InChI=1S/C8H19NSi/c1-4-6-7-8-10-9(3)5-2/h7-8H,4-6,10H2,1-3H3. The van der Waals surface area contributed by atoms with Gasteiger partial charge in [-0.2, -0.15) is 0 Å². The summed E-state index contributed by atoms with van der Waals surface area (Å²) in [5.41, 5.74) is 2.38. The Morgan fingerprint density at radius 3 is 2.60 bits per heavy atom. The summed E-state index contributed by atoms with van der Waals surface area (Å²) in [4.78, 5) is 0. The monoisotopic (exact) mass is 157 g/mol. The number of hydrogen-bond donors (Lipinski definition) is 0. The maximum absolute atomic E-state index is 2.42. The van der Waals surface area contributed by atoms with Crippen molar-refractivity contribution >= 4 is 9.68 Å². The first-order valence-electron chi connectivity index (χ1n) is 4.14. The summed E-state index contributed by atoms with van der Waals surface area (Å²) in [6, 6.07) is 0. The van der Waals surface area contributed by atoms with Crippen molar-refractivity contribution in [1.82, 2.24) is 4.57 Å². The van der Waals surface area contributed by atoms with Gasteiger partial charge < -0.3 is 4.57 Å². The molecule has 0 rings (SSSR count). The summed E-state index contributed by atoms with van der Waals surface area (Å²) in [6.07, 6.45) is 4.85. The molecule has 0 heterocycles. The highest BCUT2D eigenvalue weighted by atomic mass is 28.2. The zero-order valence-electron chi connectivity index (χ0n) is 7.43. The van der Waals surface area contributed by atoms with Crippen LogP contribution in [0.3, 0.4) is 0 Å². The Bertz CT molecular complexity index is 91.3. The van der Waals surface area contributed by atoms with Gasteiger partial charge in [-0.3, -0.25) is 0 Å². The highest BCUT2D eigenvalue weighted by Gasteiger charge is 1.87. The van der Waals surface area contributed by atoms with Gasteiger partial charge in [0.1, 0.15) is 9.68 Å². The van der Waals surface area contributed by atoms with Crippen molar-refractivity contribution in [1.29, 1.82) is 0 Å². The van der Waals surface area contributed by atoms with Crippen molar-refractivity contribution in [3.05, 3.63) is 11.8 Å². The molecule has 0 unspecified atom stereocenters. The fraction of sp³-hybridized carbons (Fsp3) is 0.750. The van der Waals surface area contributed by atoms with Crippen LogP contribution in [0.2, 0.25) is 0 Å². The Kier molecular flexibility index (Phi) is 6.97. The van der Waals surface area contributed by atoms with Gasteiger partial charge in [0, 0.05) is 0 Å². The van der Waals surface area contributed by atoms with E-state index in [1.54, 1.807) is 0 Å². The maximum atomic E-state index is 2.42. The summed E-state index contributed by atoms with van der Waals surface area (Å²) in [6.45, 7) is 5.62. The zero-order valence-corrected chi connectivity index (χ0v) is 8.84. The first kappa shape index (κ1) is 9.92. The van der Waals surface area contributed by atoms with Crippen molar-refractivity contribution < 1.29 is 0 Å². The molecule has 0 bridgehead atoms. The summed E-state index contributed by atoms with van der Waals surface area (Å²) >= 11 is 0. The summed E-state index contributed by atoms with van der Waals surface area (Å²) in [5.74, 6) is 0. The van der Waals surface area contributed by atoms with E-state index in [-0.39, 0.29) is 9.68 Å². The van der Waals surface area contributed by atoms with Crippen LogP contribution in [-0.4, -0.2) is 27.8 Å². The van der Waals surface area contributed by atoms with Crippen LogP contribution in [0.1, 0.15) is 26.7 Å². The average molecular weight is 157 g/mol. The molecule has 0 aromatic heterocycles. The van der Waals surface area contributed by atoms with Crippen LogP contribution in [-0.2, 0) is 0 Å². The van der Waals surface area contributed by atoms with Gasteiger partial charge in [-0.25, -0.2) is 0 Å². The lowest BCUT2D eigenvalue weighted by Crippen LogP contribution is -2.20. The lowest BCUT2D eigenvalue weighted by Gasteiger charge is -2.08. The van der Waals surface area contributed by atoms with E-state index in [4.69, 9.17) is 0 Å². The number of allylic oxidation sites excluding steroid dienone is 1. The van der Waals surface area contributed by atoms with Crippen LogP contribution in [0, 0.1) is 0 Å². The van der Waals surface area contributed by atoms with E-state index >= 15 is 0 Å². The van der Waals surface area contributed by atoms with Crippen LogP contribution in [0.25, 0.3) is 0 Å². The van der Waals surface area contributed by atoms with E-state index in [9.17, 15) is 0 Å². The third-order valence-corrected chi connectivity index (χ3v) is 3.19. The van der Waals surface area contributed by atoms with Gasteiger partial charge in [0.05, 0.1) is 0 Å². The van der Waals surface area contributed by atoms with E-state index < -0.39 is 0 Å². The fourth-order valence-corrected chi connectivity index (χ4v) is 1.67. The average Bonchev–Trinajstić information content (AvgIpc) is 1.98. The Labute approximate surface area is 67.0 Å². The topological polar surface area (TPSA) is 3.24 Å². The normalized spacial score (nSPS) is 12.8. The van der Waals surface area contributed by atoms with Gasteiger partial charge >= 0.3 is 0 Å². The molecular formula is C8H19NSi. The van der Waals surface area contributed by atoms with Crippen molar-refractivity contribution in [3.63, 3.8) is 0 Å². The Hall–Kier alpha value is -0.0831. The second-order valence-electron chi connectivity index (χ2n) is 2.61. The fourth-order valence-electron chi connectivity index (χ4n) is 0.668. The van der Waals surface area contributed by atoms with E-state index in [2.05, 4.69) is 37.2 Å². The molecule has 0 aromatic rings. The maximum Gasteiger partial charge on any atom is 0.119 e. The molecule has 0 radical (unpaired) electrons. The highest BCUT2D eigenvalue weighted by Crippen LogP contribution is 1.87. The lowest BCUT2D eigenvalue weighted by atomic mass is 10.3. The number of unbranched alkanes of at least 4 members (excludes halogenated alkanes) is 1. The second kappa shape index (κ2) is 7.03. The highest BCUT2D eigenvalue weighted by molar-refractivity contribution is 6.38. The smallest absolute Gasteiger partial charge is 0.119 e. The molecule has 1 nitrogen and oxygen atoms in total. The summed E-state index contributed by atoms with van der Waals surface area (Å²) in [5, 5.41) is 0. The molecule has 0 aliphatic rings. The van der Waals surface area contributed by atoms with Gasteiger partial charge in [0.15, 0.2) is 0 Å². The molecule has 0 saturated carbocycles. The summed E-state index contributed by atoms with van der Waals surface area (Å²) < 4.78 is 2.42. The first-order valence-corrected chi connectivity index (χ1v) is 5.59. The molecule has 0 amide bonds. The van der Waals surface area contributed by atoms with E-state index in [0.717, 1.165) is 0 Å². The lowest BCUT2D eigenvalue weighted by molar-refractivity contribution is 0.572. The van der Waals surface area contributed by atoms with Crippen molar-refractivity contribution in [2.75, 3.05) is 13.6 Å². The Morgan fingerprint density at radius 2 is 2.10 bits per heavy atom. The minimum Gasteiger partial charge on any atom is -0.328 e. The predicted octanol–water partition coefficient (Wildman–Crippen LogP) is 1.34. The minimum atomic E-state index is -0.0319. The molecule has 0 aliphatic carbocycles. The van der Waals surface area contributed by atoms with E-state index in [1.807, 2.05) is 0 Å². The molecule has 0 fully saturated rings. The van der Waals surface area contributed by atoms with Crippen LogP contribution in [0.4, 0.5) is 0 Å². The Morgan fingerprint density at radius 1 is 1.40 bits per heavy atom. The molecule has 0 N–H and O–H groups in total. The van der Waals surface area contributed by atoms with Gasteiger partial charge in [-0.1, -0.05) is 32.0 Å². The van der Waals surface area contributed by atoms with Gasteiger partial charge in [-0.05, 0) is 20.0 Å². The molecule has 0 aliphatic heterocycles. The molecule has 2 heteroatoms. The third kappa shape index (κ3) is 6.04. The van der Waals surface area contributed by atoms with Crippen molar-refractivity contribution in [2.24, 2.45) is 0 Å². The predicted molar refractivity (Wildman–Crippen MR) is 50.9 cm³/mol. The van der Waals surface area contributed by atoms with Crippen LogP contribution in [0.5, 0.6) is 0 Å². The van der Waals surface area contributed by atoms with Crippen LogP contribution >= 0.6 is 0 Å². The number of hydrogen-bond acceptors (Lipinski definition) is 1. The van der Waals surface area contributed by atoms with Gasteiger partial charge in [0.2, 0.25) is 0 Å². The number of rotatable bonds is 5. The first-order chi connectivity index (χ1) is 4.81. The molecular weight excluding hydrogens is 138 g/mol. The molecule has 60 valence electrons. The van der Waals surface area contributed by atoms with E-state index in [1.165, 1.54) is 19.4 Å². The third-order valence-electron chi connectivity index (χ3n) is 1.58. The van der Waals surface area contributed by atoms with Crippen LogP contribution < -0.4 is 0 Å². The quantitative estimate of drug-likeness (QED) is 0.544. The number of nitrogens with zero attached hydrogens (tertiary/aromatic N) is 1. The van der Waals surface area contributed by atoms with Gasteiger partial charge in [-0.15, -0.1) is 0 Å². The second-order valence-corrected chi connectivity index (χ2v) is 4.53. The largest absolute Gasteiger partial charge is 0.328 e. The molecule has 0 saturated heterocycles. The molecule has 0 aromatic carbocycles. The van der Waals surface area contributed by atoms with E-state index in [0.29, 0.717) is 0 Å². The Balaban J connectivity index is 3.16. The van der Waals surface area contributed by atoms with Crippen LogP contribution in [0.15, 0.2) is 11.8 Å². The molecule has 0 spiro atoms. The van der Waals surface area contributed by atoms with Crippen molar-refractivity contribution in [3.8, 4) is 0 Å². The minimum absolute atomic E-state index is 0.0319. The summed E-state index contributed by atoms with van der Waals surface area (Å²) in [7, 11) is 2.17. The SMILES string of the molecule is CCCC=C[SiH2]N(C)CC. The molecule has 10 heavy (non-hydrogen) atoms. The van der Waals surface area contributed by atoms with Crippen molar-refractivity contribution in [2.45, 2.75) is 26.7 Å². The zero-order chi connectivity index (χ0) is 7.82.